The molecule has 0 bridgehead atoms. The maximum atomic E-state index is 13.1. The van der Waals surface area contributed by atoms with E-state index in [9.17, 15) is 10.1 Å². The van der Waals surface area contributed by atoms with Crippen LogP contribution in [0.1, 0.15) is 64.4 Å². The quantitative estimate of drug-likeness (QED) is 0.668. The fourth-order valence-corrected chi connectivity index (χ4v) is 4.67. The topological polar surface area (TPSA) is 87.7 Å². The molecule has 1 aromatic carbocycles. The van der Waals surface area contributed by atoms with Crippen LogP contribution in [0.25, 0.3) is 5.69 Å². The molecule has 0 radical (unpaired) electrons. The molecular formula is C21H28N6OS. The SMILES string of the molecule is CC(C)c1ccc(-n2nnnc2S[C@@H](C)C(=O)N(C)C2(C#N)CCCCC2)cc1. The number of amides is 1. The molecular weight excluding hydrogens is 384 g/mol. The molecule has 2 aromatic rings. The summed E-state index contributed by atoms with van der Waals surface area (Å²) in [5, 5.41) is 21.9. The average Bonchev–Trinajstić information content (AvgIpc) is 3.21. The number of nitrogens with zero attached hydrogens (tertiary/aromatic N) is 6. The van der Waals surface area contributed by atoms with Crippen LogP contribution in [0.5, 0.6) is 0 Å². The Morgan fingerprint density at radius 2 is 1.86 bits per heavy atom. The predicted molar refractivity (Wildman–Crippen MR) is 113 cm³/mol. The van der Waals surface area contributed by atoms with Gasteiger partial charge in [0.15, 0.2) is 0 Å². The number of benzene rings is 1. The first-order valence-corrected chi connectivity index (χ1v) is 11.0. The Balaban J connectivity index is 1.74. The molecule has 1 atom stereocenters. The summed E-state index contributed by atoms with van der Waals surface area (Å²) in [5.41, 5.74) is 1.41. The summed E-state index contributed by atoms with van der Waals surface area (Å²) in [6, 6.07) is 10.5. The van der Waals surface area contributed by atoms with Crippen LogP contribution in [0.15, 0.2) is 29.4 Å². The van der Waals surface area contributed by atoms with E-state index in [0.717, 1.165) is 37.8 Å². The minimum absolute atomic E-state index is 0.0665. The number of hydrogen-bond acceptors (Lipinski definition) is 6. The Morgan fingerprint density at radius 3 is 2.45 bits per heavy atom. The molecule has 0 saturated heterocycles. The lowest BCUT2D eigenvalue weighted by molar-refractivity contribution is -0.133. The number of carbonyl (C=O) groups is 1. The van der Waals surface area contributed by atoms with Gasteiger partial charge in [-0.2, -0.15) is 9.94 Å². The molecule has 7 nitrogen and oxygen atoms in total. The summed E-state index contributed by atoms with van der Waals surface area (Å²) < 4.78 is 1.65. The number of thioether (sulfide) groups is 1. The number of nitriles is 1. The van der Waals surface area contributed by atoms with E-state index < -0.39 is 10.8 Å². The highest BCUT2D eigenvalue weighted by Crippen LogP contribution is 2.34. The van der Waals surface area contributed by atoms with Crippen molar-refractivity contribution in [3.8, 4) is 11.8 Å². The molecule has 1 fully saturated rings. The lowest BCUT2D eigenvalue weighted by Gasteiger charge is -2.40. The van der Waals surface area contributed by atoms with Crippen LogP contribution in [0.4, 0.5) is 0 Å². The molecule has 8 heteroatoms. The summed E-state index contributed by atoms with van der Waals surface area (Å²) in [7, 11) is 1.75. The first kappa shape index (κ1) is 21.3. The molecule has 29 heavy (non-hydrogen) atoms. The summed E-state index contributed by atoms with van der Waals surface area (Å²) in [4.78, 5) is 14.7. The zero-order valence-corrected chi connectivity index (χ0v) is 18.3. The zero-order valence-electron chi connectivity index (χ0n) is 17.5. The van der Waals surface area contributed by atoms with Crippen LogP contribution in [-0.4, -0.2) is 48.9 Å². The van der Waals surface area contributed by atoms with E-state index in [1.165, 1.54) is 17.3 Å². The molecule has 1 amide bonds. The van der Waals surface area contributed by atoms with Gasteiger partial charge in [0.1, 0.15) is 5.54 Å². The number of carbonyl (C=O) groups excluding carboxylic acids is 1. The first-order valence-electron chi connectivity index (χ1n) is 10.1. The highest BCUT2D eigenvalue weighted by molar-refractivity contribution is 8.00. The van der Waals surface area contributed by atoms with Gasteiger partial charge < -0.3 is 4.90 Å². The van der Waals surface area contributed by atoms with Gasteiger partial charge in [0, 0.05) is 7.05 Å². The van der Waals surface area contributed by atoms with E-state index >= 15 is 0 Å². The van der Waals surface area contributed by atoms with Crippen molar-refractivity contribution in [2.45, 2.75) is 74.7 Å². The van der Waals surface area contributed by atoms with Crippen molar-refractivity contribution in [3.05, 3.63) is 29.8 Å². The smallest absolute Gasteiger partial charge is 0.236 e. The van der Waals surface area contributed by atoms with Gasteiger partial charge in [0.25, 0.3) is 0 Å². The summed E-state index contributed by atoms with van der Waals surface area (Å²) >= 11 is 1.32. The standard InChI is InChI=1S/C21H28N6OS/c1-15(2)17-8-10-18(11-9-17)27-20(23-24-25-27)29-16(3)19(28)26(4)21(14-22)12-6-5-7-13-21/h8-11,15-16H,5-7,12-13H2,1-4H3/t16-/m0/s1. The Hall–Kier alpha value is -2.40. The van der Waals surface area contributed by atoms with E-state index in [1.807, 2.05) is 19.1 Å². The molecule has 3 rings (SSSR count). The second-order valence-electron chi connectivity index (χ2n) is 7.98. The predicted octanol–water partition coefficient (Wildman–Crippen LogP) is 3.95. The van der Waals surface area contributed by atoms with Crippen molar-refractivity contribution in [2.75, 3.05) is 7.05 Å². The molecule has 1 aliphatic carbocycles. The van der Waals surface area contributed by atoms with Crippen molar-refractivity contribution in [1.29, 1.82) is 5.26 Å². The number of hydrogen-bond donors (Lipinski definition) is 0. The van der Waals surface area contributed by atoms with E-state index in [-0.39, 0.29) is 5.91 Å². The van der Waals surface area contributed by atoms with Crippen LogP contribution in [0, 0.1) is 11.3 Å². The molecule has 1 aliphatic rings. The third kappa shape index (κ3) is 4.45. The van der Waals surface area contributed by atoms with Crippen molar-refractivity contribution < 1.29 is 4.79 Å². The lowest BCUT2D eigenvalue weighted by atomic mass is 9.81. The molecule has 0 aliphatic heterocycles. The normalized spacial score (nSPS) is 17.0. The van der Waals surface area contributed by atoms with E-state index in [2.05, 4.69) is 47.6 Å². The Morgan fingerprint density at radius 1 is 1.21 bits per heavy atom. The summed E-state index contributed by atoms with van der Waals surface area (Å²) in [5.74, 6) is 0.385. The van der Waals surface area contributed by atoms with Crippen molar-refractivity contribution >= 4 is 17.7 Å². The highest BCUT2D eigenvalue weighted by Gasteiger charge is 2.40. The third-order valence-corrected chi connectivity index (χ3v) is 6.76. The number of aromatic nitrogens is 4. The maximum Gasteiger partial charge on any atom is 0.236 e. The van der Waals surface area contributed by atoms with Crippen molar-refractivity contribution in [2.24, 2.45) is 0 Å². The van der Waals surface area contributed by atoms with Crippen LogP contribution in [0.3, 0.4) is 0 Å². The van der Waals surface area contributed by atoms with Crippen LogP contribution < -0.4 is 0 Å². The van der Waals surface area contributed by atoms with Gasteiger partial charge in [0.2, 0.25) is 11.1 Å². The average molecular weight is 413 g/mol. The van der Waals surface area contributed by atoms with E-state index in [0.29, 0.717) is 11.1 Å². The minimum atomic E-state index is -0.692. The van der Waals surface area contributed by atoms with Gasteiger partial charge >= 0.3 is 0 Å². The van der Waals surface area contributed by atoms with Crippen molar-refractivity contribution in [1.82, 2.24) is 25.1 Å². The van der Waals surface area contributed by atoms with Gasteiger partial charge in [-0.1, -0.05) is 57.0 Å². The fraction of sp³-hybridized carbons (Fsp3) is 0.571. The lowest BCUT2D eigenvalue weighted by Crippen LogP contribution is -2.52. The van der Waals surface area contributed by atoms with Gasteiger partial charge in [0.05, 0.1) is 17.0 Å². The maximum absolute atomic E-state index is 13.1. The fourth-order valence-electron chi connectivity index (χ4n) is 3.77. The molecule has 1 heterocycles. The van der Waals surface area contributed by atoms with Gasteiger partial charge in [-0.15, -0.1) is 5.10 Å². The number of rotatable bonds is 6. The first-order chi connectivity index (χ1) is 13.9. The van der Waals surface area contributed by atoms with Crippen LogP contribution in [0.2, 0.25) is 0 Å². The van der Waals surface area contributed by atoms with E-state index in [1.54, 1.807) is 16.6 Å². The second-order valence-corrected chi connectivity index (χ2v) is 9.29. The largest absolute Gasteiger partial charge is 0.326 e. The summed E-state index contributed by atoms with van der Waals surface area (Å²) in [6.07, 6.45) is 4.57. The second kappa shape index (κ2) is 8.95. The third-order valence-electron chi connectivity index (χ3n) is 5.74. The Labute approximate surface area is 176 Å². The van der Waals surface area contributed by atoms with Crippen molar-refractivity contribution in [3.63, 3.8) is 0 Å². The summed E-state index contributed by atoms with van der Waals surface area (Å²) in [6.45, 7) is 6.15. The minimum Gasteiger partial charge on any atom is -0.326 e. The molecule has 154 valence electrons. The van der Waals surface area contributed by atoms with Gasteiger partial charge in [-0.25, -0.2) is 0 Å². The number of tetrazole rings is 1. The molecule has 0 N–H and O–H groups in total. The monoisotopic (exact) mass is 412 g/mol. The zero-order chi connectivity index (χ0) is 21.0. The van der Waals surface area contributed by atoms with Gasteiger partial charge in [-0.3, -0.25) is 4.79 Å². The molecule has 0 spiro atoms. The molecule has 1 saturated carbocycles. The van der Waals surface area contributed by atoms with E-state index in [4.69, 9.17) is 0 Å². The van der Waals surface area contributed by atoms with Crippen LogP contribution >= 0.6 is 11.8 Å². The highest BCUT2D eigenvalue weighted by atomic mass is 32.2. The Kier molecular flexibility index (Phi) is 6.58. The van der Waals surface area contributed by atoms with Crippen LogP contribution in [-0.2, 0) is 4.79 Å². The van der Waals surface area contributed by atoms with Gasteiger partial charge in [-0.05, 0) is 53.8 Å². The molecule has 0 unspecified atom stereocenters. The molecule has 1 aromatic heterocycles. The Bertz CT molecular complexity index is 879.